The number of allylic oxidation sites excluding steroid dienone is 4. The third-order valence-electron chi connectivity index (χ3n) is 2.60. The molecule has 0 fully saturated rings. The SMILES string of the molecule is C/C=C\C1=C(CC)C(C)CC1. The van der Waals surface area contributed by atoms with Gasteiger partial charge in [0.1, 0.15) is 0 Å². The molecule has 0 radical (unpaired) electrons. The first-order chi connectivity index (χ1) is 5.29. The van der Waals surface area contributed by atoms with Crippen molar-refractivity contribution in [2.24, 2.45) is 5.92 Å². The summed E-state index contributed by atoms with van der Waals surface area (Å²) >= 11 is 0. The van der Waals surface area contributed by atoms with Gasteiger partial charge in [0.25, 0.3) is 0 Å². The summed E-state index contributed by atoms with van der Waals surface area (Å²) in [6.07, 6.45) is 8.34. The maximum absolute atomic E-state index is 2.34. The van der Waals surface area contributed by atoms with E-state index in [9.17, 15) is 0 Å². The standard InChI is InChI=1S/C11H18/c1-4-6-10-8-7-9(3)11(10)5-2/h4,6,9H,5,7-8H2,1-3H3/b6-4-. The highest BCUT2D eigenvalue weighted by atomic mass is 14.2. The van der Waals surface area contributed by atoms with Crippen molar-refractivity contribution in [3.8, 4) is 0 Å². The number of rotatable bonds is 2. The molecule has 62 valence electrons. The van der Waals surface area contributed by atoms with Gasteiger partial charge in [-0.25, -0.2) is 0 Å². The van der Waals surface area contributed by atoms with Crippen LogP contribution in [0.15, 0.2) is 23.3 Å². The maximum atomic E-state index is 2.34. The molecule has 0 nitrogen and oxygen atoms in total. The van der Waals surface area contributed by atoms with Crippen molar-refractivity contribution in [1.82, 2.24) is 0 Å². The lowest BCUT2D eigenvalue weighted by atomic mass is 10.0. The largest absolute Gasteiger partial charge is 0.0874 e. The van der Waals surface area contributed by atoms with Crippen LogP contribution in [0.1, 0.15) is 40.0 Å². The summed E-state index contributed by atoms with van der Waals surface area (Å²) < 4.78 is 0. The second-order valence-corrected chi connectivity index (χ2v) is 3.34. The normalized spacial score (nSPS) is 25.5. The van der Waals surface area contributed by atoms with Crippen LogP contribution in [-0.2, 0) is 0 Å². The van der Waals surface area contributed by atoms with Gasteiger partial charge < -0.3 is 0 Å². The lowest BCUT2D eigenvalue weighted by molar-refractivity contribution is 0.652. The van der Waals surface area contributed by atoms with Crippen molar-refractivity contribution in [2.75, 3.05) is 0 Å². The van der Waals surface area contributed by atoms with Crippen LogP contribution in [0.25, 0.3) is 0 Å². The van der Waals surface area contributed by atoms with Crippen LogP contribution in [0.2, 0.25) is 0 Å². The fourth-order valence-corrected chi connectivity index (χ4v) is 1.99. The first-order valence-corrected chi connectivity index (χ1v) is 4.64. The average molecular weight is 150 g/mol. The van der Waals surface area contributed by atoms with E-state index in [0.717, 1.165) is 5.92 Å². The van der Waals surface area contributed by atoms with Crippen molar-refractivity contribution >= 4 is 0 Å². The lowest BCUT2D eigenvalue weighted by Gasteiger charge is -2.05. The smallest absolute Gasteiger partial charge is 0.0223 e. The molecule has 0 aromatic heterocycles. The van der Waals surface area contributed by atoms with Gasteiger partial charge in [0.05, 0.1) is 0 Å². The minimum Gasteiger partial charge on any atom is -0.0874 e. The quantitative estimate of drug-likeness (QED) is 0.563. The molecule has 0 heterocycles. The molecule has 0 saturated heterocycles. The van der Waals surface area contributed by atoms with E-state index in [-0.39, 0.29) is 0 Å². The van der Waals surface area contributed by atoms with E-state index >= 15 is 0 Å². The molecule has 11 heavy (non-hydrogen) atoms. The Kier molecular flexibility index (Phi) is 2.92. The van der Waals surface area contributed by atoms with Gasteiger partial charge in [0.2, 0.25) is 0 Å². The van der Waals surface area contributed by atoms with Crippen molar-refractivity contribution in [3.05, 3.63) is 23.3 Å². The van der Waals surface area contributed by atoms with Crippen molar-refractivity contribution in [1.29, 1.82) is 0 Å². The highest BCUT2D eigenvalue weighted by Crippen LogP contribution is 2.34. The van der Waals surface area contributed by atoms with Crippen LogP contribution in [0.3, 0.4) is 0 Å². The van der Waals surface area contributed by atoms with Crippen LogP contribution in [0, 0.1) is 5.92 Å². The summed E-state index contributed by atoms with van der Waals surface area (Å²) in [5.74, 6) is 0.839. The third kappa shape index (κ3) is 1.74. The predicted molar refractivity (Wildman–Crippen MR) is 50.5 cm³/mol. The second-order valence-electron chi connectivity index (χ2n) is 3.34. The van der Waals surface area contributed by atoms with E-state index in [1.807, 2.05) is 0 Å². The molecule has 0 aromatic carbocycles. The van der Waals surface area contributed by atoms with Crippen LogP contribution < -0.4 is 0 Å². The lowest BCUT2D eigenvalue weighted by Crippen LogP contribution is -1.90. The highest BCUT2D eigenvalue weighted by Gasteiger charge is 2.17. The zero-order valence-electron chi connectivity index (χ0n) is 7.85. The Morgan fingerprint density at radius 1 is 1.55 bits per heavy atom. The van der Waals surface area contributed by atoms with Gasteiger partial charge in [-0.3, -0.25) is 0 Å². The fraction of sp³-hybridized carbons (Fsp3) is 0.636. The molecule has 1 unspecified atom stereocenters. The van der Waals surface area contributed by atoms with Gasteiger partial charge in [-0.05, 0) is 37.7 Å². The Balaban J connectivity index is 2.79. The molecule has 0 saturated carbocycles. The van der Waals surface area contributed by atoms with Crippen molar-refractivity contribution in [2.45, 2.75) is 40.0 Å². The minimum absolute atomic E-state index is 0.839. The van der Waals surface area contributed by atoms with Gasteiger partial charge in [-0.2, -0.15) is 0 Å². The summed E-state index contributed by atoms with van der Waals surface area (Å²) in [6.45, 7) is 6.71. The summed E-state index contributed by atoms with van der Waals surface area (Å²) in [6, 6.07) is 0. The topological polar surface area (TPSA) is 0 Å². The zero-order valence-corrected chi connectivity index (χ0v) is 7.85. The summed E-state index contributed by atoms with van der Waals surface area (Å²) in [5, 5.41) is 0. The number of hydrogen-bond donors (Lipinski definition) is 0. The molecule has 0 heteroatoms. The van der Waals surface area contributed by atoms with Crippen LogP contribution in [0.4, 0.5) is 0 Å². The first-order valence-electron chi connectivity index (χ1n) is 4.64. The molecule has 1 aliphatic carbocycles. The number of hydrogen-bond acceptors (Lipinski definition) is 0. The van der Waals surface area contributed by atoms with Crippen LogP contribution in [-0.4, -0.2) is 0 Å². The summed E-state index contributed by atoms with van der Waals surface area (Å²) in [4.78, 5) is 0. The molecule has 1 rings (SSSR count). The van der Waals surface area contributed by atoms with Crippen LogP contribution >= 0.6 is 0 Å². The third-order valence-corrected chi connectivity index (χ3v) is 2.60. The molecule has 0 N–H and O–H groups in total. The van der Waals surface area contributed by atoms with Crippen LogP contribution in [0.5, 0.6) is 0 Å². The van der Waals surface area contributed by atoms with Crippen molar-refractivity contribution < 1.29 is 0 Å². The molecular weight excluding hydrogens is 132 g/mol. The average Bonchev–Trinajstić information content (AvgIpc) is 2.33. The molecule has 1 aliphatic rings. The Bertz CT molecular complexity index is 184. The van der Waals surface area contributed by atoms with Gasteiger partial charge in [-0.15, -0.1) is 0 Å². The van der Waals surface area contributed by atoms with E-state index in [4.69, 9.17) is 0 Å². The molecule has 1 atom stereocenters. The predicted octanol–water partition coefficient (Wildman–Crippen LogP) is 3.70. The van der Waals surface area contributed by atoms with Gasteiger partial charge in [0.15, 0.2) is 0 Å². The van der Waals surface area contributed by atoms with Gasteiger partial charge >= 0.3 is 0 Å². The van der Waals surface area contributed by atoms with E-state index in [0.29, 0.717) is 0 Å². The molecule has 0 amide bonds. The van der Waals surface area contributed by atoms with Crippen molar-refractivity contribution in [3.63, 3.8) is 0 Å². The summed E-state index contributed by atoms with van der Waals surface area (Å²) in [5.41, 5.74) is 3.28. The van der Waals surface area contributed by atoms with Gasteiger partial charge in [-0.1, -0.05) is 31.6 Å². The fourth-order valence-electron chi connectivity index (χ4n) is 1.99. The Hall–Kier alpha value is -0.520. The Morgan fingerprint density at radius 3 is 2.82 bits per heavy atom. The monoisotopic (exact) mass is 150 g/mol. The van der Waals surface area contributed by atoms with E-state index in [2.05, 4.69) is 32.9 Å². The zero-order chi connectivity index (χ0) is 8.27. The minimum atomic E-state index is 0.839. The van der Waals surface area contributed by atoms with E-state index < -0.39 is 0 Å². The summed E-state index contributed by atoms with van der Waals surface area (Å²) in [7, 11) is 0. The molecule has 0 aliphatic heterocycles. The van der Waals surface area contributed by atoms with E-state index in [1.165, 1.54) is 19.3 Å². The Morgan fingerprint density at radius 2 is 2.27 bits per heavy atom. The van der Waals surface area contributed by atoms with Gasteiger partial charge in [0, 0.05) is 0 Å². The maximum Gasteiger partial charge on any atom is -0.0223 e. The Labute approximate surface area is 70.0 Å². The van der Waals surface area contributed by atoms with E-state index in [1.54, 1.807) is 11.1 Å². The molecule has 0 bridgehead atoms. The molecule has 0 spiro atoms. The molecular formula is C11H18. The highest BCUT2D eigenvalue weighted by molar-refractivity contribution is 5.30. The first kappa shape index (κ1) is 8.58. The second kappa shape index (κ2) is 3.75. The molecule has 0 aromatic rings.